The fourth-order valence-electron chi connectivity index (χ4n) is 1.70. The summed E-state index contributed by atoms with van der Waals surface area (Å²) in [5.41, 5.74) is 1.22. The molecule has 1 atom stereocenters. The lowest BCUT2D eigenvalue weighted by Crippen LogP contribution is -2.19. The summed E-state index contributed by atoms with van der Waals surface area (Å²) < 4.78 is 5.24. The lowest BCUT2D eigenvalue weighted by Gasteiger charge is -2.13. The Morgan fingerprint density at radius 2 is 2.20 bits per heavy atom. The molecule has 0 spiro atoms. The molecular formula is C14H20N4S2. The predicted molar refractivity (Wildman–Crippen MR) is 84.4 cm³/mol. The molecule has 0 fully saturated rings. The molecule has 0 saturated heterocycles. The number of nitrogens with zero attached hydrogens (tertiary/aromatic N) is 3. The van der Waals surface area contributed by atoms with Gasteiger partial charge < -0.3 is 5.32 Å². The zero-order valence-corrected chi connectivity index (χ0v) is 13.7. The molecule has 0 saturated carbocycles. The Bertz CT molecular complexity index is 524. The van der Waals surface area contributed by atoms with Gasteiger partial charge in [0.2, 0.25) is 0 Å². The van der Waals surface area contributed by atoms with Crippen molar-refractivity contribution in [3.05, 3.63) is 29.7 Å². The Hall–Kier alpha value is -0.980. The Morgan fingerprint density at radius 3 is 2.80 bits per heavy atom. The van der Waals surface area contributed by atoms with Gasteiger partial charge in [-0.3, -0.25) is 0 Å². The second kappa shape index (κ2) is 7.71. The van der Waals surface area contributed by atoms with Crippen molar-refractivity contribution in [1.29, 1.82) is 0 Å². The Kier molecular flexibility index (Phi) is 5.94. The van der Waals surface area contributed by atoms with Crippen LogP contribution in [0.15, 0.2) is 27.7 Å². The topological polar surface area (TPSA) is 50.7 Å². The van der Waals surface area contributed by atoms with Crippen LogP contribution in [0.25, 0.3) is 0 Å². The van der Waals surface area contributed by atoms with Gasteiger partial charge in [0, 0.05) is 18.7 Å². The molecular weight excluding hydrogens is 288 g/mol. The van der Waals surface area contributed by atoms with Crippen LogP contribution in [0.5, 0.6) is 0 Å². The molecule has 2 heterocycles. The number of aryl methyl sites for hydroxylation is 1. The summed E-state index contributed by atoms with van der Waals surface area (Å²) in [7, 11) is 0. The molecule has 0 aromatic carbocycles. The van der Waals surface area contributed by atoms with Gasteiger partial charge in [0.25, 0.3) is 0 Å². The van der Waals surface area contributed by atoms with Gasteiger partial charge >= 0.3 is 0 Å². The molecule has 2 aromatic heterocycles. The monoisotopic (exact) mass is 308 g/mol. The van der Waals surface area contributed by atoms with Crippen molar-refractivity contribution >= 4 is 23.3 Å². The van der Waals surface area contributed by atoms with Crippen molar-refractivity contribution in [1.82, 2.24) is 19.7 Å². The Labute approximate surface area is 128 Å². The molecule has 0 radical (unpaired) electrons. The molecule has 108 valence electrons. The van der Waals surface area contributed by atoms with Crippen LogP contribution < -0.4 is 5.32 Å². The molecule has 0 amide bonds. The van der Waals surface area contributed by atoms with Crippen molar-refractivity contribution in [2.75, 3.05) is 6.54 Å². The SMILES string of the molecule is CCCNC(C)c1ccc(Sc2nc(CC)ns2)nc1. The third-order valence-electron chi connectivity index (χ3n) is 2.92. The quantitative estimate of drug-likeness (QED) is 0.845. The van der Waals surface area contributed by atoms with E-state index in [1.165, 1.54) is 17.1 Å². The van der Waals surface area contributed by atoms with E-state index < -0.39 is 0 Å². The molecule has 0 aliphatic rings. The van der Waals surface area contributed by atoms with E-state index in [2.05, 4.69) is 52.6 Å². The highest BCUT2D eigenvalue weighted by atomic mass is 32.2. The largest absolute Gasteiger partial charge is 0.310 e. The summed E-state index contributed by atoms with van der Waals surface area (Å²) in [5, 5.41) is 4.43. The molecule has 6 heteroatoms. The third-order valence-corrected chi connectivity index (χ3v) is 4.66. The Morgan fingerprint density at radius 1 is 1.35 bits per heavy atom. The highest BCUT2D eigenvalue weighted by Gasteiger charge is 2.08. The molecule has 0 bridgehead atoms. The van der Waals surface area contributed by atoms with Gasteiger partial charge in [-0.2, -0.15) is 4.37 Å². The van der Waals surface area contributed by atoms with Gasteiger partial charge in [-0.25, -0.2) is 9.97 Å². The average molecular weight is 308 g/mol. The summed E-state index contributed by atoms with van der Waals surface area (Å²) in [4.78, 5) is 8.94. The molecule has 2 aromatic rings. The maximum Gasteiger partial charge on any atom is 0.176 e. The lowest BCUT2D eigenvalue weighted by molar-refractivity contribution is 0.568. The van der Waals surface area contributed by atoms with Gasteiger partial charge in [-0.1, -0.05) is 19.9 Å². The third kappa shape index (κ3) is 4.26. The highest BCUT2D eigenvalue weighted by molar-refractivity contribution is 8.00. The smallest absolute Gasteiger partial charge is 0.176 e. The van der Waals surface area contributed by atoms with Gasteiger partial charge in [0.15, 0.2) is 4.34 Å². The summed E-state index contributed by atoms with van der Waals surface area (Å²) in [6.07, 6.45) is 3.96. The molecule has 20 heavy (non-hydrogen) atoms. The predicted octanol–water partition coefficient (Wildman–Crippen LogP) is 3.71. The van der Waals surface area contributed by atoms with E-state index in [0.717, 1.165) is 34.6 Å². The van der Waals surface area contributed by atoms with E-state index >= 15 is 0 Å². The van der Waals surface area contributed by atoms with Crippen LogP contribution in [0.1, 0.15) is 44.6 Å². The van der Waals surface area contributed by atoms with Gasteiger partial charge in [0.05, 0.1) is 0 Å². The van der Waals surface area contributed by atoms with E-state index in [1.54, 1.807) is 11.8 Å². The fraction of sp³-hybridized carbons (Fsp3) is 0.500. The minimum Gasteiger partial charge on any atom is -0.310 e. The maximum atomic E-state index is 4.50. The first-order chi connectivity index (χ1) is 9.72. The first-order valence-electron chi connectivity index (χ1n) is 6.92. The van der Waals surface area contributed by atoms with Gasteiger partial charge in [0.1, 0.15) is 10.9 Å². The summed E-state index contributed by atoms with van der Waals surface area (Å²) in [6.45, 7) is 7.43. The number of nitrogens with one attached hydrogen (secondary N) is 1. The molecule has 4 nitrogen and oxygen atoms in total. The minimum absolute atomic E-state index is 0.342. The summed E-state index contributed by atoms with van der Waals surface area (Å²) in [6, 6.07) is 4.52. The minimum atomic E-state index is 0.342. The van der Waals surface area contributed by atoms with E-state index in [4.69, 9.17) is 0 Å². The molecule has 2 rings (SSSR count). The van der Waals surface area contributed by atoms with Crippen molar-refractivity contribution in [2.24, 2.45) is 0 Å². The zero-order chi connectivity index (χ0) is 14.4. The van der Waals surface area contributed by atoms with Crippen LogP contribution in [0, 0.1) is 0 Å². The van der Waals surface area contributed by atoms with Gasteiger partial charge in [-0.15, -0.1) is 0 Å². The number of rotatable bonds is 7. The number of hydrogen-bond donors (Lipinski definition) is 1. The fourth-order valence-corrected chi connectivity index (χ4v) is 3.29. The van der Waals surface area contributed by atoms with Crippen molar-refractivity contribution in [2.45, 2.75) is 49.0 Å². The van der Waals surface area contributed by atoms with Crippen LogP contribution in [0.2, 0.25) is 0 Å². The second-order valence-electron chi connectivity index (χ2n) is 4.54. The van der Waals surface area contributed by atoms with Gasteiger partial charge in [-0.05, 0) is 54.8 Å². The van der Waals surface area contributed by atoms with Crippen LogP contribution in [0.3, 0.4) is 0 Å². The Balaban J connectivity index is 1.97. The maximum absolute atomic E-state index is 4.50. The van der Waals surface area contributed by atoms with E-state index in [1.807, 2.05) is 6.20 Å². The lowest BCUT2D eigenvalue weighted by atomic mass is 10.1. The van der Waals surface area contributed by atoms with Crippen LogP contribution in [0.4, 0.5) is 0 Å². The molecule has 0 aliphatic carbocycles. The highest BCUT2D eigenvalue weighted by Crippen LogP contribution is 2.28. The van der Waals surface area contributed by atoms with Crippen LogP contribution >= 0.6 is 23.3 Å². The number of aromatic nitrogens is 3. The standard InChI is InChI=1S/C14H20N4S2/c1-4-8-15-10(3)11-6-7-13(16-9-11)19-14-17-12(5-2)18-20-14/h6-7,9-10,15H,4-5,8H2,1-3H3. The normalized spacial score (nSPS) is 12.6. The first-order valence-corrected chi connectivity index (χ1v) is 8.51. The summed E-state index contributed by atoms with van der Waals surface area (Å²) in [5.74, 6) is 0.909. The van der Waals surface area contributed by atoms with Crippen LogP contribution in [-0.4, -0.2) is 20.9 Å². The zero-order valence-electron chi connectivity index (χ0n) is 12.1. The summed E-state index contributed by atoms with van der Waals surface area (Å²) >= 11 is 3.02. The number of hydrogen-bond acceptors (Lipinski definition) is 6. The van der Waals surface area contributed by atoms with Crippen molar-refractivity contribution in [3.63, 3.8) is 0 Å². The molecule has 1 N–H and O–H groups in total. The molecule has 1 unspecified atom stereocenters. The van der Waals surface area contributed by atoms with E-state index in [0.29, 0.717) is 6.04 Å². The van der Waals surface area contributed by atoms with Crippen molar-refractivity contribution < 1.29 is 0 Å². The van der Waals surface area contributed by atoms with Crippen molar-refractivity contribution in [3.8, 4) is 0 Å². The van der Waals surface area contributed by atoms with Crippen LogP contribution in [-0.2, 0) is 6.42 Å². The average Bonchev–Trinajstić information content (AvgIpc) is 2.93. The van der Waals surface area contributed by atoms with E-state index in [9.17, 15) is 0 Å². The van der Waals surface area contributed by atoms with E-state index in [-0.39, 0.29) is 0 Å². The number of pyridine rings is 1. The first kappa shape index (κ1) is 15.4. The molecule has 0 aliphatic heterocycles. The second-order valence-corrected chi connectivity index (χ2v) is 6.56.